The maximum Gasteiger partial charge on any atom is 0.0487 e. The second kappa shape index (κ2) is 9.93. The molecule has 0 saturated carbocycles. The summed E-state index contributed by atoms with van der Waals surface area (Å²) >= 11 is 7.37. The van der Waals surface area contributed by atoms with E-state index in [0.29, 0.717) is 0 Å². The van der Waals surface area contributed by atoms with E-state index in [1.807, 2.05) is 0 Å². The molecule has 0 aliphatic carbocycles. The fraction of sp³-hybridized carbons (Fsp3) is 0.625. The lowest BCUT2D eigenvalue weighted by Gasteiger charge is -2.31. The zero-order valence-corrected chi connectivity index (χ0v) is 15.5. The van der Waals surface area contributed by atoms with Crippen LogP contribution in [-0.4, -0.2) is 37.6 Å². The SMILES string of the molecule is COCCCOCCC(CBr)(CBr)c1cccc(C)c1. The third kappa shape index (κ3) is 5.47. The lowest BCUT2D eigenvalue weighted by Crippen LogP contribution is -2.32. The van der Waals surface area contributed by atoms with Gasteiger partial charge in [0.15, 0.2) is 0 Å². The van der Waals surface area contributed by atoms with Gasteiger partial charge >= 0.3 is 0 Å². The minimum absolute atomic E-state index is 0.0906. The average Bonchev–Trinajstić information content (AvgIpc) is 2.47. The molecule has 1 aromatic carbocycles. The van der Waals surface area contributed by atoms with Crippen molar-refractivity contribution in [1.82, 2.24) is 0 Å². The summed E-state index contributed by atoms with van der Waals surface area (Å²) in [5.41, 5.74) is 2.76. The van der Waals surface area contributed by atoms with E-state index < -0.39 is 0 Å². The van der Waals surface area contributed by atoms with Crippen molar-refractivity contribution < 1.29 is 9.47 Å². The first kappa shape index (κ1) is 18.1. The van der Waals surface area contributed by atoms with Gasteiger partial charge in [-0.1, -0.05) is 61.7 Å². The molecule has 0 aliphatic heterocycles. The molecule has 0 saturated heterocycles. The summed E-state index contributed by atoms with van der Waals surface area (Å²) in [5.74, 6) is 0. The molecule has 0 unspecified atom stereocenters. The summed E-state index contributed by atoms with van der Waals surface area (Å²) in [6, 6.07) is 8.75. The summed E-state index contributed by atoms with van der Waals surface area (Å²) < 4.78 is 10.7. The number of rotatable bonds is 10. The molecule has 1 aromatic rings. The van der Waals surface area contributed by atoms with E-state index in [9.17, 15) is 0 Å². The molecular formula is C16H24Br2O2. The van der Waals surface area contributed by atoms with Crippen LogP contribution >= 0.6 is 31.9 Å². The molecule has 0 atom stereocenters. The van der Waals surface area contributed by atoms with E-state index in [2.05, 4.69) is 63.0 Å². The standard InChI is InChI=1S/C16H24Br2O2/c1-14-5-3-6-15(11-14)16(12-17,13-18)7-10-20-9-4-8-19-2/h3,5-6,11H,4,7-10,12-13H2,1-2H3. The first-order valence-corrected chi connectivity index (χ1v) is 9.18. The molecule has 1 rings (SSSR count). The van der Waals surface area contributed by atoms with Crippen LogP contribution in [0.15, 0.2) is 24.3 Å². The van der Waals surface area contributed by atoms with Gasteiger partial charge in [0.2, 0.25) is 0 Å². The van der Waals surface area contributed by atoms with Gasteiger partial charge in [-0.05, 0) is 25.3 Å². The van der Waals surface area contributed by atoms with Crippen LogP contribution in [0.3, 0.4) is 0 Å². The number of benzene rings is 1. The highest BCUT2D eigenvalue weighted by atomic mass is 79.9. The first-order chi connectivity index (χ1) is 9.68. The van der Waals surface area contributed by atoms with Gasteiger partial charge in [0.05, 0.1) is 0 Å². The molecule has 0 aliphatic rings. The van der Waals surface area contributed by atoms with Crippen molar-refractivity contribution in [1.29, 1.82) is 0 Å². The second-order valence-corrected chi connectivity index (χ2v) is 6.25. The summed E-state index contributed by atoms with van der Waals surface area (Å²) in [6.07, 6.45) is 1.95. The third-order valence-corrected chi connectivity index (χ3v) is 5.65. The first-order valence-electron chi connectivity index (χ1n) is 6.94. The van der Waals surface area contributed by atoms with Gasteiger partial charge in [0.1, 0.15) is 0 Å². The van der Waals surface area contributed by atoms with Crippen LogP contribution in [0.25, 0.3) is 0 Å². The summed E-state index contributed by atoms with van der Waals surface area (Å²) in [5, 5.41) is 1.85. The molecule has 0 amide bonds. The van der Waals surface area contributed by atoms with Gasteiger partial charge in [0, 0.05) is 43.0 Å². The van der Waals surface area contributed by atoms with E-state index in [1.165, 1.54) is 11.1 Å². The number of ether oxygens (including phenoxy) is 2. The number of methoxy groups -OCH3 is 1. The molecule has 114 valence electrons. The molecule has 0 aromatic heterocycles. The van der Waals surface area contributed by atoms with Crippen molar-refractivity contribution in [3.8, 4) is 0 Å². The summed E-state index contributed by atoms with van der Waals surface area (Å²) in [4.78, 5) is 0. The zero-order chi connectivity index (χ0) is 14.8. The van der Waals surface area contributed by atoms with E-state index in [0.717, 1.165) is 43.3 Å². The number of alkyl halides is 2. The fourth-order valence-electron chi connectivity index (χ4n) is 2.12. The van der Waals surface area contributed by atoms with Crippen molar-refractivity contribution >= 4 is 31.9 Å². The molecule has 2 nitrogen and oxygen atoms in total. The van der Waals surface area contributed by atoms with Gasteiger partial charge in [0.25, 0.3) is 0 Å². The topological polar surface area (TPSA) is 18.5 Å². The maximum absolute atomic E-state index is 5.72. The van der Waals surface area contributed by atoms with Crippen LogP contribution in [-0.2, 0) is 14.9 Å². The van der Waals surface area contributed by atoms with E-state index in [-0.39, 0.29) is 5.41 Å². The van der Waals surface area contributed by atoms with Crippen molar-refractivity contribution in [3.63, 3.8) is 0 Å². The van der Waals surface area contributed by atoms with Crippen LogP contribution in [0.2, 0.25) is 0 Å². The van der Waals surface area contributed by atoms with Crippen molar-refractivity contribution in [3.05, 3.63) is 35.4 Å². The minimum Gasteiger partial charge on any atom is -0.385 e. The quantitative estimate of drug-likeness (QED) is 0.421. The van der Waals surface area contributed by atoms with E-state index in [1.54, 1.807) is 7.11 Å². The highest BCUT2D eigenvalue weighted by molar-refractivity contribution is 9.09. The Bertz CT molecular complexity index is 378. The van der Waals surface area contributed by atoms with Crippen LogP contribution in [0.1, 0.15) is 24.0 Å². The maximum atomic E-state index is 5.72. The van der Waals surface area contributed by atoms with Gasteiger partial charge in [-0.2, -0.15) is 0 Å². The second-order valence-electron chi connectivity index (χ2n) is 5.13. The largest absolute Gasteiger partial charge is 0.385 e. The number of hydrogen-bond donors (Lipinski definition) is 0. The van der Waals surface area contributed by atoms with Crippen molar-refractivity contribution in [2.75, 3.05) is 37.6 Å². The molecule has 0 bridgehead atoms. The summed E-state index contributed by atoms with van der Waals surface area (Å²) in [7, 11) is 1.72. The number of hydrogen-bond acceptors (Lipinski definition) is 2. The van der Waals surface area contributed by atoms with E-state index >= 15 is 0 Å². The molecule has 0 fully saturated rings. The third-order valence-electron chi connectivity index (χ3n) is 3.50. The van der Waals surface area contributed by atoms with Crippen LogP contribution < -0.4 is 0 Å². The summed E-state index contributed by atoms with van der Waals surface area (Å²) in [6.45, 7) is 4.44. The Morgan fingerprint density at radius 2 is 1.85 bits per heavy atom. The Morgan fingerprint density at radius 3 is 2.45 bits per heavy atom. The highest BCUT2D eigenvalue weighted by Gasteiger charge is 2.29. The van der Waals surface area contributed by atoms with Crippen LogP contribution in [0, 0.1) is 6.92 Å². The Labute approximate surface area is 139 Å². The Kier molecular flexibility index (Phi) is 9.01. The molecule has 0 spiro atoms. The minimum atomic E-state index is 0.0906. The average molecular weight is 408 g/mol. The molecule has 0 heterocycles. The molecule has 4 heteroatoms. The predicted octanol–water partition coefficient (Wildman–Crippen LogP) is 4.47. The van der Waals surface area contributed by atoms with Crippen LogP contribution in [0.5, 0.6) is 0 Å². The van der Waals surface area contributed by atoms with Crippen LogP contribution in [0.4, 0.5) is 0 Å². The van der Waals surface area contributed by atoms with E-state index in [4.69, 9.17) is 9.47 Å². The van der Waals surface area contributed by atoms with Gasteiger partial charge in [-0.25, -0.2) is 0 Å². The predicted molar refractivity (Wildman–Crippen MR) is 92.4 cm³/mol. The molecule has 0 radical (unpaired) electrons. The Morgan fingerprint density at radius 1 is 1.10 bits per heavy atom. The number of halogens is 2. The molecule has 0 N–H and O–H groups in total. The normalized spacial score (nSPS) is 11.8. The lowest BCUT2D eigenvalue weighted by atomic mass is 9.81. The lowest BCUT2D eigenvalue weighted by molar-refractivity contribution is 0.0935. The van der Waals surface area contributed by atoms with Gasteiger partial charge in [-0.15, -0.1) is 0 Å². The molecular weight excluding hydrogens is 384 g/mol. The smallest absolute Gasteiger partial charge is 0.0487 e. The fourth-order valence-corrected chi connectivity index (χ4v) is 4.25. The molecule has 20 heavy (non-hydrogen) atoms. The van der Waals surface area contributed by atoms with Crippen molar-refractivity contribution in [2.45, 2.75) is 25.2 Å². The van der Waals surface area contributed by atoms with Gasteiger partial charge in [-0.3, -0.25) is 0 Å². The van der Waals surface area contributed by atoms with Gasteiger partial charge < -0.3 is 9.47 Å². The number of aryl methyl sites for hydroxylation is 1. The monoisotopic (exact) mass is 406 g/mol. The highest BCUT2D eigenvalue weighted by Crippen LogP contribution is 2.33. The Balaban J connectivity index is 2.58. The zero-order valence-electron chi connectivity index (χ0n) is 12.3. The van der Waals surface area contributed by atoms with Crippen molar-refractivity contribution in [2.24, 2.45) is 0 Å². The Hall–Kier alpha value is 0.1000.